The second kappa shape index (κ2) is 8.31. The number of carboxylic acid groups (broad SMARTS) is 2. The van der Waals surface area contributed by atoms with Crippen LogP contribution in [-0.4, -0.2) is 32.4 Å². The number of rotatable bonds is 3. The summed E-state index contributed by atoms with van der Waals surface area (Å²) in [6, 6.07) is 0. The topological polar surface area (TPSA) is 80.3 Å². The van der Waals surface area contributed by atoms with Gasteiger partial charge in [0.05, 0.1) is 14.4 Å². The van der Waals surface area contributed by atoms with Crippen LogP contribution in [0.3, 0.4) is 0 Å². The van der Waals surface area contributed by atoms with Gasteiger partial charge in [-0.05, 0) is 0 Å². The summed E-state index contributed by atoms with van der Waals surface area (Å²) in [6.07, 6.45) is -3.88. The van der Waals surface area contributed by atoms with E-state index in [0.717, 1.165) is 0 Å². The van der Waals surface area contributed by atoms with Crippen LogP contribution >= 0.6 is 0 Å². The fourth-order valence-corrected chi connectivity index (χ4v) is 0.251. The second-order valence-corrected chi connectivity index (χ2v) is 1.59. The van der Waals surface area contributed by atoms with Gasteiger partial charge in [-0.1, -0.05) is 0 Å². The van der Waals surface area contributed by atoms with E-state index < -0.39 is 24.0 Å². The number of alkyl halides is 3. The number of hydrogen-bond donors (Lipinski definition) is 0. The maximum Gasteiger partial charge on any atom is 1.00 e. The number of aliphatic carboxylic acids is 2. The van der Waals surface area contributed by atoms with E-state index in [9.17, 15) is 33.0 Å². The van der Waals surface area contributed by atoms with Crippen LogP contribution in [0.5, 0.6) is 0 Å². The van der Waals surface area contributed by atoms with Crippen LogP contribution in [0.1, 0.15) is 0 Å². The van der Waals surface area contributed by atoms with Gasteiger partial charge in [0.25, 0.3) is 0 Å². The summed E-state index contributed by atoms with van der Waals surface area (Å²) < 4.78 is 35.2. The third kappa shape index (κ3) is 5.66. The van der Waals surface area contributed by atoms with E-state index in [1.165, 1.54) is 0 Å². The molecule has 14 heavy (non-hydrogen) atoms. The summed E-state index contributed by atoms with van der Waals surface area (Å²) >= 11 is 0. The zero-order valence-electron chi connectivity index (χ0n) is 6.84. The van der Waals surface area contributed by atoms with Gasteiger partial charge in [0, 0.05) is 0 Å². The van der Waals surface area contributed by atoms with Crippen molar-refractivity contribution in [3.63, 3.8) is 0 Å². The van der Waals surface area contributed by atoms with Crippen molar-refractivity contribution in [3.8, 4) is 0 Å². The molecule has 70 valence electrons. The molecule has 0 aliphatic heterocycles. The first-order chi connectivity index (χ1) is 4.80. The Kier molecular flexibility index (Phi) is 14.0. The van der Waals surface area contributed by atoms with Crippen molar-refractivity contribution in [2.75, 3.05) is 0 Å². The minimum atomic E-state index is -5.04. The predicted octanol–water partition coefficient (Wildman–Crippen LogP) is -9.72. The molecule has 0 bridgehead atoms. The van der Waals surface area contributed by atoms with Gasteiger partial charge in [-0.25, -0.2) is 4.39 Å². The molecular formula is C4H4BF3Li2O4. The van der Waals surface area contributed by atoms with E-state index in [0.29, 0.717) is 0 Å². The Hall–Kier alpha value is -0.0103. The zero-order valence-corrected chi connectivity index (χ0v) is 6.84. The molecule has 0 aliphatic carbocycles. The van der Waals surface area contributed by atoms with Crippen LogP contribution < -0.4 is 47.9 Å². The maximum absolute atomic E-state index is 11.7. The fourth-order valence-electron chi connectivity index (χ4n) is 0.251. The van der Waals surface area contributed by atoms with Crippen molar-refractivity contribution >= 4 is 20.4 Å². The molecule has 0 heterocycles. The van der Waals surface area contributed by atoms with Crippen LogP contribution in [0.2, 0.25) is 0 Å². The monoisotopic (exact) mass is 198 g/mol. The Labute approximate surface area is 103 Å². The summed E-state index contributed by atoms with van der Waals surface area (Å²) in [7, 11) is 0. The number of halogens is 3. The van der Waals surface area contributed by atoms with E-state index >= 15 is 0 Å². The average Bonchev–Trinajstić information content (AvgIpc) is 1.85. The average molecular weight is 198 g/mol. The first-order valence-corrected chi connectivity index (χ1v) is 2.24. The van der Waals surface area contributed by atoms with Gasteiger partial charge in [0.2, 0.25) is 6.17 Å². The Bertz CT molecular complexity index is 203. The molecule has 0 rings (SSSR count). The summed E-state index contributed by atoms with van der Waals surface area (Å²) in [6.45, 7) is 0. The molecule has 0 aromatic heterocycles. The van der Waals surface area contributed by atoms with E-state index in [1.807, 2.05) is 0 Å². The van der Waals surface area contributed by atoms with Gasteiger partial charge in [0.15, 0.2) is 0 Å². The third-order valence-electron chi connectivity index (χ3n) is 0.797. The SMILES string of the molecule is B.O=C([O-])C(F)C(F)(F)C(=O)[O-].[Li+].[Li+]. The van der Waals surface area contributed by atoms with Gasteiger partial charge < -0.3 is 19.8 Å². The molecule has 1 atom stereocenters. The molecule has 0 spiro atoms. The quantitative estimate of drug-likeness (QED) is 0.421. The molecule has 0 aliphatic rings. The Morgan fingerprint density at radius 2 is 1.43 bits per heavy atom. The van der Waals surface area contributed by atoms with Crippen LogP contribution in [0.4, 0.5) is 13.2 Å². The largest absolute Gasteiger partial charge is 1.00 e. The predicted molar refractivity (Wildman–Crippen MR) is 29.8 cm³/mol. The van der Waals surface area contributed by atoms with Gasteiger partial charge in [-0.2, -0.15) is 8.78 Å². The first kappa shape index (κ1) is 23.7. The third-order valence-corrected chi connectivity index (χ3v) is 0.797. The number of carbonyl (C=O) groups excluding carboxylic acids is 2. The maximum atomic E-state index is 11.7. The van der Waals surface area contributed by atoms with Crippen LogP contribution in [0.25, 0.3) is 0 Å². The first-order valence-electron chi connectivity index (χ1n) is 2.24. The molecule has 0 amide bonds. The minimum absolute atomic E-state index is 0. The molecule has 0 aromatic rings. The van der Waals surface area contributed by atoms with Crippen LogP contribution in [0, 0.1) is 0 Å². The molecule has 0 radical (unpaired) electrons. The summed E-state index contributed by atoms with van der Waals surface area (Å²) in [5.74, 6) is -10.9. The number of hydrogen-bond acceptors (Lipinski definition) is 4. The van der Waals surface area contributed by atoms with Gasteiger partial charge >= 0.3 is 43.6 Å². The van der Waals surface area contributed by atoms with Crippen molar-refractivity contribution in [2.24, 2.45) is 0 Å². The van der Waals surface area contributed by atoms with Crippen molar-refractivity contribution in [1.82, 2.24) is 0 Å². The molecular weight excluding hydrogens is 194 g/mol. The smallest absolute Gasteiger partial charge is 0.547 e. The Morgan fingerprint density at radius 3 is 1.50 bits per heavy atom. The van der Waals surface area contributed by atoms with Gasteiger partial charge in [0.1, 0.15) is 5.97 Å². The molecule has 1 unspecified atom stereocenters. The molecule has 0 aromatic carbocycles. The van der Waals surface area contributed by atoms with E-state index in [4.69, 9.17) is 0 Å². The van der Waals surface area contributed by atoms with E-state index in [-0.39, 0.29) is 46.1 Å². The molecule has 0 saturated carbocycles. The second-order valence-electron chi connectivity index (χ2n) is 1.59. The van der Waals surface area contributed by atoms with Gasteiger partial charge in [-0.15, -0.1) is 0 Å². The number of carboxylic acids is 2. The summed E-state index contributed by atoms with van der Waals surface area (Å²) in [5, 5.41) is 18.8. The molecule has 0 fully saturated rings. The van der Waals surface area contributed by atoms with Crippen molar-refractivity contribution in [3.05, 3.63) is 0 Å². The minimum Gasteiger partial charge on any atom is -0.547 e. The van der Waals surface area contributed by atoms with E-state index in [1.54, 1.807) is 0 Å². The summed E-state index contributed by atoms with van der Waals surface area (Å²) in [5.41, 5.74) is 0. The Balaban J connectivity index is -0.000000167. The van der Waals surface area contributed by atoms with Crippen LogP contribution in [-0.2, 0) is 9.59 Å². The number of carbonyl (C=O) groups is 2. The summed E-state index contributed by atoms with van der Waals surface area (Å²) in [4.78, 5) is 18.8. The Morgan fingerprint density at radius 1 is 1.14 bits per heavy atom. The molecule has 4 nitrogen and oxygen atoms in total. The van der Waals surface area contributed by atoms with Gasteiger partial charge in [-0.3, -0.25) is 0 Å². The molecule has 0 saturated heterocycles. The van der Waals surface area contributed by atoms with Crippen molar-refractivity contribution < 1.29 is 70.7 Å². The normalized spacial score (nSPS) is 11.1. The standard InChI is InChI=1S/C4H3F3O4.BH3.2Li/c5-1(2(8)9)4(6,7)3(10)11;;;/h1H,(H,8,9)(H,10,11);1H3;;/q;;2*+1/p-2. The molecule has 0 N–H and O–H groups in total. The van der Waals surface area contributed by atoms with Crippen molar-refractivity contribution in [2.45, 2.75) is 12.1 Å². The zero-order chi connectivity index (χ0) is 9.23. The fraction of sp³-hybridized carbons (Fsp3) is 0.500. The van der Waals surface area contributed by atoms with E-state index in [2.05, 4.69) is 0 Å². The molecule has 10 heteroatoms. The van der Waals surface area contributed by atoms with Crippen molar-refractivity contribution in [1.29, 1.82) is 0 Å². The van der Waals surface area contributed by atoms with Crippen LogP contribution in [0.15, 0.2) is 0 Å².